The molecule has 1 aromatic heterocycles. The van der Waals surface area contributed by atoms with Crippen molar-refractivity contribution in [3.63, 3.8) is 0 Å². The summed E-state index contributed by atoms with van der Waals surface area (Å²) < 4.78 is 0. The van der Waals surface area contributed by atoms with Gasteiger partial charge in [0.15, 0.2) is 0 Å². The average Bonchev–Trinajstić information content (AvgIpc) is 3.08. The Morgan fingerprint density at radius 2 is 2.18 bits per heavy atom. The van der Waals surface area contributed by atoms with E-state index in [1.807, 2.05) is 0 Å². The molecule has 0 spiro atoms. The molecule has 0 aromatic carbocycles. The molecule has 5 heteroatoms. The van der Waals surface area contributed by atoms with Crippen molar-refractivity contribution in [2.45, 2.75) is 26.7 Å². The summed E-state index contributed by atoms with van der Waals surface area (Å²) in [6.07, 6.45) is 5.16. The lowest BCUT2D eigenvalue weighted by molar-refractivity contribution is 0.0934. The highest BCUT2D eigenvalue weighted by Gasteiger charge is 2.45. The Morgan fingerprint density at radius 3 is 2.65 bits per heavy atom. The van der Waals surface area contributed by atoms with Crippen LogP contribution in [-0.4, -0.2) is 22.4 Å². The fourth-order valence-electron chi connectivity index (χ4n) is 1.90. The zero-order valence-corrected chi connectivity index (χ0v) is 10.8. The average molecular weight is 254 g/mol. The van der Waals surface area contributed by atoms with E-state index in [1.54, 1.807) is 0 Å². The minimum atomic E-state index is -0.180. The summed E-state index contributed by atoms with van der Waals surface area (Å²) in [5.74, 6) is 0.417. The smallest absolute Gasteiger partial charge is 0.271 e. The van der Waals surface area contributed by atoms with Crippen molar-refractivity contribution in [2.75, 3.05) is 6.54 Å². The number of halogens is 1. The van der Waals surface area contributed by atoms with Gasteiger partial charge in [-0.3, -0.25) is 4.79 Å². The van der Waals surface area contributed by atoms with E-state index in [9.17, 15) is 4.79 Å². The number of rotatable bonds is 4. The summed E-state index contributed by atoms with van der Waals surface area (Å²) in [4.78, 5) is 19.6. The zero-order valence-electron chi connectivity index (χ0n) is 10.0. The molecule has 0 aliphatic heterocycles. The van der Waals surface area contributed by atoms with Crippen LogP contribution >= 0.6 is 11.6 Å². The third-order valence-corrected chi connectivity index (χ3v) is 3.77. The van der Waals surface area contributed by atoms with Gasteiger partial charge in [0, 0.05) is 6.54 Å². The van der Waals surface area contributed by atoms with Crippen LogP contribution in [0.2, 0.25) is 5.15 Å². The second kappa shape index (κ2) is 4.61. The Balaban J connectivity index is 1.92. The molecule has 1 amide bonds. The number of carbonyl (C=O) groups is 1. The summed E-state index contributed by atoms with van der Waals surface area (Å²) in [5, 5.41) is 3.21. The van der Waals surface area contributed by atoms with Crippen molar-refractivity contribution >= 4 is 17.5 Å². The molecule has 2 rings (SSSR count). The molecular formula is C12H16ClN3O. The maximum Gasteiger partial charge on any atom is 0.271 e. The number of amides is 1. The van der Waals surface area contributed by atoms with Crippen LogP contribution in [0.5, 0.6) is 0 Å². The first-order chi connectivity index (χ1) is 8.03. The number of hydrogen-bond acceptors (Lipinski definition) is 3. The van der Waals surface area contributed by atoms with E-state index < -0.39 is 0 Å². The van der Waals surface area contributed by atoms with E-state index >= 15 is 0 Å². The summed E-state index contributed by atoms with van der Waals surface area (Å²) in [5.41, 5.74) is 0.615. The molecule has 4 nitrogen and oxygen atoms in total. The fraction of sp³-hybridized carbons (Fsp3) is 0.583. The summed E-state index contributed by atoms with van der Waals surface area (Å²) in [6.45, 7) is 5.11. The lowest BCUT2D eigenvalue weighted by Gasteiger charge is -2.19. The standard InChI is InChI=1S/C12H16ClN3O/c1-8(2)12(3-4-12)7-16-11(17)9-5-15-10(13)6-14-9/h5-6,8H,3-4,7H2,1-2H3,(H,16,17). The molecule has 92 valence electrons. The minimum absolute atomic E-state index is 0.180. The van der Waals surface area contributed by atoms with Crippen LogP contribution in [0.1, 0.15) is 37.2 Å². The molecule has 0 radical (unpaired) electrons. The molecule has 1 N–H and O–H groups in total. The van der Waals surface area contributed by atoms with E-state index in [4.69, 9.17) is 11.6 Å². The normalized spacial score (nSPS) is 16.9. The van der Waals surface area contributed by atoms with Crippen LogP contribution in [0.4, 0.5) is 0 Å². The number of carbonyl (C=O) groups excluding carboxylic acids is 1. The van der Waals surface area contributed by atoms with Gasteiger partial charge in [0.2, 0.25) is 0 Å². The van der Waals surface area contributed by atoms with Gasteiger partial charge in [0.25, 0.3) is 5.91 Å². The zero-order chi connectivity index (χ0) is 12.5. The van der Waals surface area contributed by atoms with Crippen LogP contribution in [0.15, 0.2) is 12.4 Å². The molecule has 1 saturated carbocycles. The number of nitrogens with zero attached hydrogens (tertiary/aromatic N) is 2. The monoisotopic (exact) mass is 253 g/mol. The van der Waals surface area contributed by atoms with E-state index in [0.717, 1.165) is 0 Å². The van der Waals surface area contributed by atoms with E-state index in [2.05, 4.69) is 29.1 Å². The van der Waals surface area contributed by atoms with E-state index in [0.29, 0.717) is 28.7 Å². The Hall–Kier alpha value is -1.16. The largest absolute Gasteiger partial charge is 0.350 e. The number of nitrogens with one attached hydrogen (secondary N) is 1. The van der Waals surface area contributed by atoms with Crippen LogP contribution in [0.25, 0.3) is 0 Å². The number of hydrogen-bond donors (Lipinski definition) is 1. The highest BCUT2D eigenvalue weighted by molar-refractivity contribution is 6.29. The van der Waals surface area contributed by atoms with Crippen molar-refractivity contribution in [3.05, 3.63) is 23.2 Å². The van der Waals surface area contributed by atoms with Gasteiger partial charge in [-0.15, -0.1) is 0 Å². The van der Waals surface area contributed by atoms with Gasteiger partial charge in [-0.1, -0.05) is 25.4 Å². The third-order valence-electron chi connectivity index (χ3n) is 3.57. The molecule has 1 fully saturated rings. The highest BCUT2D eigenvalue weighted by Crippen LogP contribution is 2.51. The molecule has 1 aliphatic carbocycles. The van der Waals surface area contributed by atoms with Crippen molar-refractivity contribution < 1.29 is 4.79 Å². The molecule has 17 heavy (non-hydrogen) atoms. The lowest BCUT2D eigenvalue weighted by Crippen LogP contribution is -2.33. The van der Waals surface area contributed by atoms with Gasteiger partial charge >= 0.3 is 0 Å². The molecule has 0 saturated heterocycles. The van der Waals surface area contributed by atoms with Gasteiger partial charge in [0.1, 0.15) is 10.8 Å². The van der Waals surface area contributed by atoms with Gasteiger partial charge < -0.3 is 5.32 Å². The van der Waals surface area contributed by atoms with Crippen molar-refractivity contribution in [2.24, 2.45) is 11.3 Å². The Kier molecular flexibility index (Phi) is 3.33. The Bertz CT molecular complexity index is 412. The van der Waals surface area contributed by atoms with E-state index in [-0.39, 0.29) is 5.91 Å². The van der Waals surface area contributed by atoms with Crippen molar-refractivity contribution in [1.82, 2.24) is 15.3 Å². The topological polar surface area (TPSA) is 54.9 Å². The quantitative estimate of drug-likeness (QED) is 0.896. The molecule has 1 aromatic rings. The Labute approximate surface area is 106 Å². The maximum atomic E-state index is 11.8. The number of aromatic nitrogens is 2. The van der Waals surface area contributed by atoms with Gasteiger partial charge in [-0.25, -0.2) is 9.97 Å². The first-order valence-electron chi connectivity index (χ1n) is 5.79. The molecule has 0 atom stereocenters. The van der Waals surface area contributed by atoms with Gasteiger partial charge in [-0.2, -0.15) is 0 Å². The molecule has 0 unspecified atom stereocenters. The van der Waals surface area contributed by atoms with Crippen LogP contribution < -0.4 is 5.32 Å². The van der Waals surface area contributed by atoms with Crippen LogP contribution in [-0.2, 0) is 0 Å². The predicted octanol–water partition coefficient (Wildman–Crippen LogP) is 2.30. The summed E-state index contributed by atoms with van der Waals surface area (Å²) in [7, 11) is 0. The summed E-state index contributed by atoms with van der Waals surface area (Å²) in [6, 6.07) is 0. The molecular weight excluding hydrogens is 238 g/mol. The Morgan fingerprint density at radius 1 is 1.47 bits per heavy atom. The highest BCUT2D eigenvalue weighted by atomic mass is 35.5. The van der Waals surface area contributed by atoms with Crippen molar-refractivity contribution in [3.8, 4) is 0 Å². The first-order valence-corrected chi connectivity index (χ1v) is 6.17. The SMILES string of the molecule is CC(C)C1(CNC(=O)c2cnc(Cl)cn2)CC1. The second-order valence-electron chi connectivity index (χ2n) is 4.92. The lowest BCUT2D eigenvalue weighted by atomic mass is 9.92. The molecule has 1 aliphatic rings. The summed E-state index contributed by atoms with van der Waals surface area (Å²) >= 11 is 5.61. The van der Waals surface area contributed by atoms with Crippen LogP contribution in [0.3, 0.4) is 0 Å². The third kappa shape index (κ3) is 2.75. The van der Waals surface area contributed by atoms with Gasteiger partial charge in [0.05, 0.1) is 12.4 Å². The molecule has 1 heterocycles. The second-order valence-corrected chi connectivity index (χ2v) is 5.31. The van der Waals surface area contributed by atoms with Crippen LogP contribution in [0, 0.1) is 11.3 Å². The fourth-order valence-corrected chi connectivity index (χ4v) is 1.99. The van der Waals surface area contributed by atoms with E-state index in [1.165, 1.54) is 25.2 Å². The minimum Gasteiger partial charge on any atom is -0.350 e. The van der Waals surface area contributed by atoms with Crippen molar-refractivity contribution in [1.29, 1.82) is 0 Å². The first kappa shape index (κ1) is 12.3. The maximum absolute atomic E-state index is 11.8. The molecule has 0 bridgehead atoms. The predicted molar refractivity (Wildman–Crippen MR) is 65.9 cm³/mol. The van der Waals surface area contributed by atoms with Gasteiger partial charge in [-0.05, 0) is 24.2 Å².